The van der Waals surface area contributed by atoms with Crippen molar-refractivity contribution in [1.29, 1.82) is 0 Å². The average Bonchev–Trinajstić information content (AvgIpc) is 2.18. The minimum Gasteiger partial charge on any atom is -0.383 e. The molecule has 6 atom stereocenters. The third kappa shape index (κ3) is 15.7. The molecule has 0 aromatic carbocycles. The molecule has 0 unspecified atom stereocenters. The first-order valence-corrected chi connectivity index (χ1v) is 25.3. The molecule has 0 bridgehead atoms. The normalized spacial score (nSPS) is 13.4. The fourth-order valence-corrected chi connectivity index (χ4v) is 8.22. The molecule has 0 saturated heterocycles. The smallest absolute Gasteiger partial charge is 0.349 e. The van der Waals surface area contributed by atoms with Crippen LogP contribution in [0.5, 0.6) is 0 Å². The molecule has 450 valence electrons. The van der Waals surface area contributed by atoms with Crippen LogP contribution in [0, 0.1) is 0 Å². The highest BCUT2D eigenvalue weighted by Crippen LogP contribution is 2.11. The summed E-state index contributed by atoms with van der Waals surface area (Å²) in [5.41, 5.74) is 41.1. The number of H-pyrrole nitrogens is 2. The highest BCUT2D eigenvalue weighted by Gasteiger charge is 2.33. The van der Waals surface area contributed by atoms with Gasteiger partial charge < -0.3 is 86.9 Å². The van der Waals surface area contributed by atoms with Gasteiger partial charge in [-0.05, 0) is 44.0 Å². The second kappa shape index (κ2) is 26.9. The van der Waals surface area contributed by atoms with E-state index < -0.39 is 145 Å². The first-order chi connectivity index (χ1) is 40.4. The van der Waals surface area contributed by atoms with Crippen LogP contribution >= 0.6 is 0 Å². The number of anilines is 5. The quantitative estimate of drug-likeness (QED) is 0.0213. The van der Waals surface area contributed by atoms with Gasteiger partial charge in [-0.3, -0.25) is 66.8 Å². The number of nitrogens with zero attached hydrogens (tertiary/aromatic N) is 12. The summed E-state index contributed by atoms with van der Waals surface area (Å²) in [6.07, 6.45) is 6.54. The molecule has 0 aliphatic carbocycles. The molecule has 0 spiro atoms. The number of aromatic nitrogens is 14. The molecule has 40 heteroatoms. The Labute approximate surface area is 473 Å². The Morgan fingerprint density at radius 2 is 0.882 bits per heavy atom. The minimum atomic E-state index is -1.86. The number of fused-ring (bicyclic) bond motifs is 2. The van der Waals surface area contributed by atoms with Gasteiger partial charge >= 0.3 is 17.1 Å². The van der Waals surface area contributed by atoms with Crippen molar-refractivity contribution in [3.05, 3.63) is 102 Å². The van der Waals surface area contributed by atoms with Crippen LogP contribution in [0.25, 0.3) is 22.3 Å². The van der Waals surface area contributed by atoms with Crippen LogP contribution < -0.4 is 106 Å². The van der Waals surface area contributed by atoms with Gasteiger partial charge in [0.25, 0.3) is 11.1 Å². The number of amides is 7. The topological polar surface area (TPSA) is 632 Å². The van der Waals surface area contributed by atoms with E-state index in [9.17, 15) is 57.5 Å². The Balaban J connectivity index is 1.15. The number of imidazole rings is 2. The van der Waals surface area contributed by atoms with E-state index in [0.29, 0.717) is 12.8 Å². The number of primary amides is 1. The lowest BCUT2D eigenvalue weighted by atomic mass is 10.1. The van der Waals surface area contributed by atoms with E-state index in [1.807, 2.05) is 0 Å². The van der Waals surface area contributed by atoms with E-state index in [1.54, 1.807) is 0 Å². The Morgan fingerprint density at radius 3 is 1.31 bits per heavy atom. The maximum Gasteiger partial charge on any atom is 0.349 e. The van der Waals surface area contributed by atoms with E-state index in [1.165, 1.54) is 39.9 Å². The van der Waals surface area contributed by atoms with E-state index in [2.05, 4.69) is 76.8 Å². The van der Waals surface area contributed by atoms with Crippen molar-refractivity contribution < 1.29 is 33.6 Å². The molecule has 0 fully saturated rings. The summed E-state index contributed by atoms with van der Waals surface area (Å²) in [6, 6.07) is -6.40. The highest BCUT2D eigenvalue weighted by atomic mass is 16.2. The Kier molecular flexibility index (Phi) is 19.3. The van der Waals surface area contributed by atoms with E-state index in [4.69, 9.17) is 45.9 Å². The monoisotopic (exact) mass is 1180 g/mol. The van der Waals surface area contributed by atoms with Gasteiger partial charge in [0.15, 0.2) is 22.3 Å². The predicted octanol–water partition coefficient (Wildman–Crippen LogP) is -10.6. The lowest BCUT2D eigenvalue weighted by molar-refractivity contribution is -0.134. The van der Waals surface area contributed by atoms with Crippen molar-refractivity contribution in [2.45, 2.75) is 88.2 Å². The molecule has 7 heterocycles. The van der Waals surface area contributed by atoms with Crippen molar-refractivity contribution in [2.75, 3.05) is 41.8 Å². The molecule has 7 aromatic heterocycles. The molecule has 24 N–H and O–H groups in total. The Bertz CT molecular complexity index is 3990. The zero-order chi connectivity index (χ0) is 61.8. The molecule has 0 aliphatic heterocycles. The molecular weight excluding hydrogens is 1120 g/mol. The van der Waals surface area contributed by atoms with E-state index in [0.717, 1.165) is 32.4 Å². The zero-order valence-corrected chi connectivity index (χ0v) is 44.5. The summed E-state index contributed by atoms with van der Waals surface area (Å²) < 4.78 is 5.04. The number of aromatic amines is 2. The number of hydrogen-bond acceptors (Lipinski definition) is 26. The van der Waals surface area contributed by atoms with Gasteiger partial charge in [0.05, 0.1) is 45.4 Å². The van der Waals surface area contributed by atoms with E-state index >= 15 is 0 Å². The molecule has 0 radical (unpaired) electrons. The van der Waals surface area contributed by atoms with Gasteiger partial charge in [0.1, 0.15) is 53.7 Å². The summed E-state index contributed by atoms with van der Waals surface area (Å²) >= 11 is 0. The summed E-state index contributed by atoms with van der Waals surface area (Å²) in [6.45, 7) is -3.83. The summed E-state index contributed by atoms with van der Waals surface area (Å²) in [5.74, 6) is -8.91. The van der Waals surface area contributed by atoms with Gasteiger partial charge in [-0.2, -0.15) is 24.9 Å². The molecule has 0 saturated carbocycles. The number of nitrogens with two attached hydrogens (primary N) is 8. The second-order valence-corrected chi connectivity index (χ2v) is 18.8. The van der Waals surface area contributed by atoms with Crippen LogP contribution in [0.4, 0.5) is 29.4 Å². The Morgan fingerprint density at radius 1 is 0.494 bits per heavy atom. The third-order valence-corrected chi connectivity index (χ3v) is 12.5. The van der Waals surface area contributed by atoms with Gasteiger partial charge in [0.2, 0.25) is 53.2 Å². The summed E-state index contributed by atoms with van der Waals surface area (Å²) in [4.78, 5) is 193. The fourth-order valence-electron chi connectivity index (χ4n) is 8.22. The van der Waals surface area contributed by atoms with Crippen LogP contribution in [-0.4, -0.2) is 158 Å². The molecule has 0 aliphatic rings. The molecule has 7 rings (SSSR count). The molecular formula is C45H58N28O12. The van der Waals surface area contributed by atoms with Crippen LogP contribution in [0.3, 0.4) is 0 Å². The van der Waals surface area contributed by atoms with E-state index in [-0.39, 0.29) is 64.6 Å². The highest BCUT2D eigenvalue weighted by molar-refractivity contribution is 5.96. The van der Waals surface area contributed by atoms with Crippen molar-refractivity contribution in [1.82, 2.24) is 99.6 Å². The lowest BCUT2D eigenvalue weighted by Gasteiger charge is -2.26. The van der Waals surface area contributed by atoms with Crippen molar-refractivity contribution in [3.8, 4) is 0 Å². The van der Waals surface area contributed by atoms with Gasteiger partial charge in [-0.25, -0.2) is 24.4 Å². The number of hydrogen-bond donors (Lipinski definition) is 16. The minimum absolute atomic E-state index is 0.0375. The maximum atomic E-state index is 14.6. The predicted molar refractivity (Wildman–Crippen MR) is 297 cm³/mol. The first kappa shape index (κ1) is 61.2. The first-order valence-electron chi connectivity index (χ1n) is 25.3. The van der Waals surface area contributed by atoms with Crippen LogP contribution in [0.15, 0.2) is 73.4 Å². The Hall–Kier alpha value is -11.4. The fraction of sp³-hybridized carbons (Fsp3) is 0.356. The molecule has 85 heavy (non-hydrogen) atoms. The third-order valence-electron chi connectivity index (χ3n) is 12.5. The van der Waals surface area contributed by atoms with Crippen LogP contribution in [-0.2, 0) is 66.3 Å². The number of nitrogens with one attached hydrogen (secondary N) is 8. The molecule has 40 nitrogen and oxygen atoms in total. The number of unbranched alkanes of at least 4 members (excludes halogenated alkanes) is 1. The van der Waals surface area contributed by atoms with Gasteiger partial charge in [-0.1, -0.05) is 0 Å². The second-order valence-electron chi connectivity index (χ2n) is 18.8. The van der Waals surface area contributed by atoms with Gasteiger partial charge in [-0.15, -0.1) is 0 Å². The average molecular weight is 1180 g/mol. The van der Waals surface area contributed by atoms with Crippen LogP contribution in [0.1, 0.15) is 19.3 Å². The number of rotatable bonds is 27. The van der Waals surface area contributed by atoms with Crippen molar-refractivity contribution in [3.63, 3.8) is 0 Å². The molecule has 7 aromatic rings. The SMILES string of the molecule is NCCCC[C@@H](NC(=O)[C@H](Cn1ccc(N)nc1=O)NC(=O)[C@@H](Cn1ccc(N)nc1=O)NC(=O)CNC(=O)[C@@H](Cn1ccc(N)nc1=O)NC(=O)[C@H](Cn1cnc2c(=O)[nH]c(N)nc21)NC(=O)[C@H](N)Cn1cnc2c(=O)[nH]c(N)nc21)C(N)=O. The number of nitrogen functional groups attached to an aromatic ring is 5. The van der Waals surface area contributed by atoms with Gasteiger partial charge in [0, 0.05) is 25.1 Å². The van der Waals surface area contributed by atoms with Crippen LogP contribution in [0.2, 0.25) is 0 Å². The van der Waals surface area contributed by atoms with Crippen molar-refractivity contribution >= 4 is 93.0 Å². The molecule has 7 amide bonds. The largest absolute Gasteiger partial charge is 0.383 e. The summed E-state index contributed by atoms with van der Waals surface area (Å²) in [7, 11) is 0. The maximum absolute atomic E-state index is 14.6. The zero-order valence-electron chi connectivity index (χ0n) is 44.5. The summed E-state index contributed by atoms with van der Waals surface area (Å²) in [5, 5.41) is 14.4. The van der Waals surface area contributed by atoms with Crippen molar-refractivity contribution in [2.24, 2.45) is 17.2 Å². The standard InChI is InChI=1S/C45H58N28O12/c46-7-2-1-3-20(31(51)75)58-37(79)23(15-71-10-6-27(50)64-45(71)85)61-36(78)22(14-70-9-5-26(49)63-44(70)84)57-28(74)11-54-35(77)21(13-69-8-4-25(48)62-43(69)83)60-38(80)24(16-73-18-56-30-33(73)66-42(53)68-40(30)82)59-34(76)19(47)12-72-17-55-29-32(72)65-41(52)67-39(29)81/h4-6,8-10,17-24H,1-3,7,11-16,46-47H2,(H2,51,75)(H,54,77)(H,57,74)(H,58,79)(H,59,76)(H,60,80)(H,61,78)(H2,48,62,83)(H2,49,63,84)(H2,50,64,85)(H3,52,65,67,81)(H3,53,66,68,82)/t19-,20-,21-,22-,23+,24+/m1/s1. The number of carbonyl (C=O) groups is 7. The number of carbonyl (C=O) groups excluding carboxylic acids is 7. The lowest BCUT2D eigenvalue weighted by Crippen LogP contribution is -2.60.